The first-order valence-corrected chi connectivity index (χ1v) is 23.8. The lowest BCUT2D eigenvalue weighted by molar-refractivity contribution is -0.199. The van der Waals surface area contributed by atoms with Gasteiger partial charge >= 0.3 is 7.12 Å². The minimum Gasteiger partial charge on any atom is -0.404 e. The number of unbranched alkanes of at least 4 members (excludes halogenated alkanes) is 2. The summed E-state index contributed by atoms with van der Waals surface area (Å²) in [6.45, 7) is 11.7. The van der Waals surface area contributed by atoms with E-state index in [2.05, 4.69) is 78.5 Å². The van der Waals surface area contributed by atoms with Crippen molar-refractivity contribution in [1.29, 1.82) is 0 Å². The summed E-state index contributed by atoms with van der Waals surface area (Å²) in [5.74, 6) is -2.75. The molecule has 0 aromatic heterocycles. The van der Waals surface area contributed by atoms with Gasteiger partial charge in [0.15, 0.2) is 6.17 Å². The third kappa shape index (κ3) is 12.5. The van der Waals surface area contributed by atoms with Crippen molar-refractivity contribution in [3.8, 4) is 11.1 Å². The minimum atomic E-state index is -1.59. The lowest BCUT2D eigenvalue weighted by atomic mass is 9.43. The molecule has 2 bridgehead atoms. The fraction of sp³-hybridized carbons (Fsp3) is 0.646. The zero-order valence-corrected chi connectivity index (χ0v) is 39.0. The predicted molar refractivity (Wildman–Crippen MR) is 248 cm³/mol. The Labute approximate surface area is 384 Å². The molecule has 2 heterocycles. The van der Waals surface area contributed by atoms with Gasteiger partial charge in [0.2, 0.25) is 17.7 Å². The molecule has 2 aromatic carbocycles. The molecule has 0 spiro atoms. The normalized spacial score (nSPS) is 28.1. The number of aryl methyl sites for hydroxylation is 1. The fourth-order valence-corrected chi connectivity index (χ4v) is 9.79. The van der Waals surface area contributed by atoms with Crippen molar-refractivity contribution in [2.45, 2.75) is 147 Å². The van der Waals surface area contributed by atoms with Gasteiger partial charge in [-0.2, -0.15) is 0 Å². The molecule has 3 aliphatic carbocycles. The maximum atomic E-state index is 13.9. The van der Waals surface area contributed by atoms with E-state index < -0.39 is 72.5 Å². The molecule has 2 aromatic rings. The maximum absolute atomic E-state index is 13.9. The Hall–Kier alpha value is -4.39. The van der Waals surface area contributed by atoms with Crippen LogP contribution in [0.2, 0.25) is 0 Å². The van der Waals surface area contributed by atoms with Gasteiger partial charge < -0.3 is 56.8 Å². The molecule has 0 radical (unpaired) electrons. The molecular formula is C48H72BN7O9. The molecule has 5 aliphatic rings. The van der Waals surface area contributed by atoms with Gasteiger partial charge in [-0.15, -0.1) is 0 Å². The van der Waals surface area contributed by atoms with E-state index in [1.165, 1.54) is 5.56 Å². The van der Waals surface area contributed by atoms with Crippen LogP contribution >= 0.6 is 0 Å². The van der Waals surface area contributed by atoms with Crippen LogP contribution < -0.4 is 38.1 Å². The number of hydrogen-bond donors (Lipinski definition) is 7. The molecule has 7 rings (SSSR count). The average Bonchev–Trinajstić information content (AvgIpc) is 3.66. The zero-order chi connectivity index (χ0) is 46.7. The van der Waals surface area contributed by atoms with Gasteiger partial charge in [0.05, 0.1) is 24.3 Å². The highest BCUT2D eigenvalue weighted by Crippen LogP contribution is 2.65. The summed E-state index contributed by atoms with van der Waals surface area (Å²) in [6.07, 6.45) is 6.43. The van der Waals surface area contributed by atoms with Crippen molar-refractivity contribution in [2.24, 2.45) is 28.7 Å². The van der Waals surface area contributed by atoms with Gasteiger partial charge in [-0.25, -0.2) is 0 Å². The van der Waals surface area contributed by atoms with Crippen molar-refractivity contribution in [3.63, 3.8) is 0 Å². The number of carbonyl (C=O) groups excluding carboxylic acids is 5. The maximum Gasteiger partial charge on any atom is 0.481 e. The quantitative estimate of drug-likeness (QED) is 0.101. The molecule has 2 aliphatic heterocycles. The molecule has 9 atom stereocenters. The lowest BCUT2D eigenvalue weighted by Crippen LogP contribution is -2.65. The number of nitrogens with one attached hydrogen (secondary N) is 5. The summed E-state index contributed by atoms with van der Waals surface area (Å²) < 4.78 is 24.6. The molecule has 65 heavy (non-hydrogen) atoms. The molecular weight excluding hydrogens is 829 g/mol. The summed E-state index contributed by atoms with van der Waals surface area (Å²) >= 11 is 0. The Morgan fingerprint density at radius 2 is 1.57 bits per heavy atom. The van der Waals surface area contributed by atoms with Crippen molar-refractivity contribution in [1.82, 2.24) is 26.6 Å². The van der Waals surface area contributed by atoms with Gasteiger partial charge in [-0.1, -0.05) is 63.6 Å². The third-order valence-corrected chi connectivity index (χ3v) is 14.1. The van der Waals surface area contributed by atoms with Crippen molar-refractivity contribution in [3.05, 3.63) is 59.7 Å². The first-order valence-electron chi connectivity index (χ1n) is 23.8. The number of carbonyl (C=O) groups is 5. The summed E-state index contributed by atoms with van der Waals surface area (Å²) in [5.41, 5.74) is 15.3. The molecule has 2 saturated heterocycles. The van der Waals surface area contributed by atoms with Crippen LogP contribution in [0.3, 0.4) is 0 Å². The van der Waals surface area contributed by atoms with Gasteiger partial charge in [-0.3, -0.25) is 24.0 Å². The van der Waals surface area contributed by atoms with E-state index in [1.54, 1.807) is 12.1 Å². The molecule has 17 heteroatoms. The van der Waals surface area contributed by atoms with Crippen molar-refractivity contribution < 1.29 is 42.8 Å². The highest BCUT2D eigenvalue weighted by atomic mass is 16.7. The Bertz CT molecular complexity index is 1940. The summed E-state index contributed by atoms with van der Waals surface area (Å²) in [5, 5.41) is 13.7. The van der Waals surface area contributed by atoms with E-state index in [1.807, 2.05) is 19.1 Å². The Kier molecular flexibility index (Phi) is 17.6. The second-order valence-electron chi connectivity index (χ2n) is 19.1. The lowest BCUT2D eigenvalue weighted by Gasteiger charge is -2.64. The zero-order valence-electron chi connectivity index (χ0n) is 39.0. The highest BCUT2D eigenvalue weighted by molar-refractivity contribution is 6.47. The van der Waals surface area contributed by atoms with Crippen molar-refractivity contribution >= 4 is 36.7 Å². The van der Waals surface area contributed by atoms with Crippen LogP contribution in [0.25, 0.3) is 11.1 Å². The molecule has 5 amide bonds. The van der Waals surface area contributed by atoms with Gasteiger partial charge in [0.25, 0.3) is 11.8 Å². The first-order chi connectivity index (χ1) is 31.1. The average molecular weight is 902 g/mol. The monoisotopic (exact) mass is 902 g/mol. The van der Waals surface area contributed by atoms with E-state index in [-0.39, 0.29) is 44.2 Å². The smallest absolute Gasteiger partial charge is 0.404 e. The fourth-order valence-electron chi connectivity index (χ4n) is 9.79. The molecule has 16 nitrogen and oxygen atoms in total. The van der Waals surface area contributed by atoms with Crippen LogP contribution in [0.15, 0.2) is 48.5 Å². The molecule has 0 unspecified atom stereocenters. The van der Waals surface area contributed by atoms with Gasteiger partial charge in [0, 0.05) is 25.4 Å². The molecule has 5 fully saturated rings. The van der Waals surface area contributed by atoms with Gasteiger partial charge in [-0.05, 0) is 131 Å². The molecule has 3 saturated carbocycles. The largest absolute Gasteiger partial charge is 0.481 e. The van der Waals surface area contributed by atoms with Crippen LogP contribution in [-0.2, 0) is 44.4 Å². The first kappa shape index (κ1) is 50.0. The van der Waals surface area contributed by atoms with E-state index in [9.17, 15) is 24.0 Å². The molecule has 9 N–H and O–H groups in total. The minimum absolute atomic E-state index is 0.0617. The van der Waals surface area contributed by atoms with Crippen LogP contribution in [-0.4, -0.2) is 112 Å². The summed E-state index contributed by atoms with van der Waals surface area (Å²) in [4.78, 5) is 68.5. The second kappa shape index (κ2) is 22.9. The number of nitrogens with two attached hydrogens (primary N) is 2. The van der Waals surface area contributed by atoms with Crippen molar-refractivity contribution in [2.75, 3.05) is 33.0 Å². The van der Waals surface area contributed by atoms with Crippen LogP contribution in [0.4, 0.5) is 0 Å². The summed E-state index contributed by atoms with van der Waals surface area (Å²) in [7, 11) is -0.665. The SMILES string of the molecule is CCCCc1ccc(-c2ccc(C(=O)N[C@@H](CCCCN)C(=O)N[C@H]3COCCCCOCC[C@@H](C(=O)N[C@@H](C)B4O[C@@H]5C[C@@H]6C[C@@H](C6(C)C)[C@]5(C)O4)NC(=O)[C@H](N)NC3=O)cc2)cc1. The number of amides is 5. The number of hydrogen-bond acceptors (Lipinski definition) is 11. The number of benzene rings is 2. The Morgan fingerprint density at radius 1 is 0.877 bits per heavy atom. The van der Waals surface area contributed by atoms with Gasteiger partial charge in [0.1, 0.15) is 18.1 Å². The van der Waals surface area contributed by atoms with E-state index in [0.717, 1.165) is 43.2 Å². The number of rotatable bonds is 15. The Balaban J connectivity index is 1.07. The van der Waals surface area contributed by atoms with Crippen LogP contribution in [0.5, 0.6) is 0 Å². The van der Waals surface area contributed by atoms with Crippen LogP contribution in [0, 0.1) is 17.3 Å². The standard InChI is InChI=1S/C48H72BN7O9/c1-6-7-12-31-14-16-32(17-15-31)33-18-20-34(21-19-33)42(57)53-36(13-8-9-23-50)44(59)55-38-29-63-25-11-10-24-62-26-22-37(54-46(61)41(51)56-45(38)60)43(58)52-30(2)49-64-40-28-35-27-39(47(35,3)4)48(40,5)65-49/h14-21,30,35-41H,6-13,22-29,50-51H2,1-5H3,(H,52,58)(H,53,57)(H,54,61)(H,55,59)(H,56,60)/t30-,35-,36-,37-,38-,39-,40+,41+,48-/m0/s1. The molecule has 356 valence electrons. The van der Waals surface area contributed by atoms with Crippen LogP contribution in [0.1, 0.15) is 115 Å². The predicted octanol–water partition coefficient (Wildman–Crippen LogP) is 3.28. The van der Waals surface area contributed by atoms with E-state index >= 15 is 0 Å². The number of ether oxygens (including phenoxy) is 2. The summed E-state index contributed by atoms with van der Waals surface area (Å²) in [6, 6.07) is 12.2. The van der Waals surface area contributed by atoms with E-state index in [0.29, 0.717) is 56.2 Å². The second-order valence-corrected chi connectivity index (χ2v) is 19.1. The van der Waals surface area contributed by atoms with E-state index in [4.69, 9.17) is 30.2 Å². The highest BCUT2D eigenvalue weighted by Gasteiger charge is 2.68. The Morgan fingerprint density at radius 3 is 2.25 bits per heavy atom. The third-order valence-electron chi connectivity index (χ3n) is 14.1. The topological polar surface area (TPSA) is 234 Å².